The van der Waals surface area contributed by atoms with Gasteiger partial charge in [-0.3, -0.25) is 14.4 Å². The number of Topliss-reactive ketones (excluding diaryl/α,β-unsaturated/α-hetero) is 1. The van der Waals surface area contributed by atoms with E-state index in [1.807, 2.05) is 0 Å². The second kappa shape index (κ2) is 15.7. The summed E-state index contributed by atoms with van der Waals surface area (Å²) in [6.45, 7) is 6.10. The molecule has 46 heavy (non-hydrogen) atoms. The van der Waals surface area contributed by atoms with Crippen molar-refractivity contribution in [1.29, 1.82) is 0 Å². The molecular formula is C29H37F3N2O11S. The van der Waals surface area contributed by atoms with E-state index in [0.717, 1.165) is 0 Å². The monoisotopic (exact) mass is 678 g/mol. The Morgan fingerprint density at radius 2 is 1.74 bits per heavy atom. The third-order valence-corrected chi connectivity index (χ3v) is 8.17. The van der Waals surface area contributed by atoms with Crippen LogP contribution in [0.25, 0.3) is 0 Å². The lowest BCUT2D eigenvalue weighted by molar-refractivity contribution is -0.120. The van der Waals surface area contributed by atoms with Gasteiger partial charge in [0.2, 0.25) is 11.6 Å². The molecule has 0 aromatic carbocycles. The van der Waals surface area contributed by atoms with Crippen LogP contribution in [0.4, 0.5) is 18.0 Å². The fourth-order valence-corrected chi connectivity index (χ4v) is 5.30. The molecule has 13 nitrogen and oxygen atoms in total. The molecule has 2 aliphatic rings. The van der Waals surface area contributed by atoms with Crippen molar-refractivity contribution in [2.24, 2.45) is 17.6 Å². The lowest BCUT2D eigenvalue weighted by atomic mass is 9.85. The number of ketones is 2. The number of nitrogens with two attached hydrogens (primary N) is 1. The lowest BCUT2D eigenvalue weighted by Crippen LogP contribution is -2.37. The van der Waals surface area contributed by atoms with Crippen LogP contribution in [-0.4, -0.2) is 81.2 Å². The first-order valence-corrected chi connectivity index (χ1v) is 15.2. The van der Waals surface area contributed by atoms with Crippen molar-refractivity contribution in [2.45, 2.75) is 70.5 Å². The molecule has 6 unspecified atom stereocenters. The molecule has 0 saturated heterocycles. The summed E-state index contributed by atoms with van der Waals surface area (Å²) >= 11 is 0. The van der Waals surface area contributed by atoms with Crippen LogP contribution in [-0.2, 0) is 42.9 Å². The number of carbonyl (C=O) groups excluding carboxylic acids is 4. The smallest absolute Gasteiger partial charge is 0.439 e. The minimum atomic E-state index is -6.35. The van der Waals surface area contributed by atoms with Crippen molar-refractivity contribution in [1.82, 2.24) is 5.32 Å². The zero-order chi connectivity index (χ0) is 35.1. The van der Waals surface area contributed by atoms with Gasteiger partial charge in [-0.2, -0.15) is 21.6 Å². The van der Waals surface area contributed by atoms with Gasteiger partial charge < -0.3 is 34.6 Å². The van der Waals surface area contributed by atoms with E-state index in [1.165, 1.54) is 46.3 Å². The largest absolute Gasteiger partial charge is 0.534 e. The number of hydrogen-bond donors (Lipinski definition) is 3. The molecule has 4 N–H and O–H groups in total. The highest BCUT2D eigenvalue weighted by molar-refractivity contribution is 7.87. The van der Waals surface area contributed by atoms with Gasteiger partial charge in [0, 0.05) is 37.4 Å². The van der Waals surface area contributed by atoms with Crippen LogP contribution in [0.15, 0.2) is 58.6 Å². The number of nitrogens with one attached hydrogen (secondary N) is 1. The fraction of sp³-hybridized carbons (Fsp3) is 0.517. The van der Waals surface area contributed by atoms with Crippen molar-refractivity contribution >= 4 is 33.7 Å². The SMILES string of the molecule is COC1/C=C\C=C(/C)C(=O)NC2=CC(=O)C(OS(=O)(=O)C(F)(F)F)=C(CC(C)CC(OC)C(O)C(C)/C=C(\C)C1OC(N)=O)C2=O. The van der Waals surface area contributed by atoms with Crippen LogP contribution >= 0.6 is 0 Å². The molecule has 0 radical (unpaired) electrons. The minimum absolute atomic E-state index is 0.00919. The number of aliphatic hydroxyl groups is 1. The molecule has 2 rings (SSSR count). The van der Waals surface area contributed by atoms with Gasteiger partial charge in [-0.1, -0.05) is 38.2 Å². The molecule has 0 spiro atoms. The molecule has 6 atom stereocenters. The Labute approximate surface area is 264 Å². The van der Waals surface area contributed by atoms with E-state index >= 15 is 0 Å². The van der Waals surface area contributed by atoms with E-state index in [1.54, 1.807) is 19.9 Å². The molecule has 0 aromatic heterocycles. The number of hydrogen-bond acceptors (Lipinski definition) is 11. The van der Waals surface area contributed by atoms with Crippen molar-refractivity contribution in [3.8, 4) is 0 Å². The van der Waals surface area contributed by atoms with Crippen molar-refractivity contribution in [3.05, 3.63) is 58.6 Å². The van der Waals surface area contributed by atoms with Crippen molar-refractivity contribution in [2.75, 3.05) is 14.2 Å². The van der Waals surface area contributed by atoms with Gasteiger partial charge >= 0.3 is 21.7 Å². The zero-order valence-corrected chi connectivity index (χ0v) is 26.7. The van der Waals surface area contributed by atoms with E-state index < -0.39 is 98.9 Å². The summed E-state index contributed by atoms with van der Waals surface area (Å²) in [5.74, 6) is -6.20. The van der Waals surface area contributed by atoms with Gasteiger partial charge in [-0.25, -0.2) is 4.79 Å². The van der Waals surface area contributed by atoms with Crippen LogP contribution in [0, 0.1) is 11.8 Å². The normalized spacial score (nSPS) is 30.7. The summed E-state index contributed by atoms with van der Waals surface area (Å²) in [5.41, 5.74) is -1.57. The number of rotatable bonds is 5. The average Bonchev–Trinajstić information content (AvgIpc) is 2.95. The molecule has 1 aliphatic carbocycles. The minimum Gasteiger partial charge on any atom is -0.439 e. The third-order valence-electron chi connectivity index (χ3n) is 7.22. The number of methoxy groups -OCH3 is 2. The second-order valence-electron chi connectivity index (χ2n) is 10.9. The van der Waals surface area contributed by atoms with Gasteiger partial charge in [0.1, 0.15) is 6.10 Å². The molecule has 1 heterocycles. The standard InChI is InChI=1S/C29H37F3N2O11S/c1-14-10-18-24(37)19(13-20(35)26(18)45-46(40,41)29(30,31)32)34-27(38)15(2)8-7-9-21(42-5)25(44-28(33)39)17(4)12-16(3)23(36)22(11-14)43-6/h7-9,12-14,16,21-23,25,36H,10-11H2,1-6H3,(H2,33,39)(H,34,38)/b9-7-,15-8+,17-12+. The van der Waals surface area contributed by atoms with Crippen molar-refractivity contribution in [3.63, 3.8) is 0 Å². The number of halogens is 3. The zero-order valence-electron chi connectivity index (χ0n) is 25.9. The number of primary amides is 1. The molecule has 17 heteroatoms. The Kier molecular flexibility index (Phi) is 13.1. The first-order chi connectivity index (χ1) is 21.2. The number of ether oxygens (including phenoxy) is 3. The number of alkyl halides is 3. The first-order valence-electron chi connectivity index (χ1n) is 13.8. The molecule has 0 fully saturated rings. The van der Waals surface area contributed by atoms with Gasteiger partial charge in [-0.15, -0.1) is 0 Å². The molecule has 0 saturated carbocycles. The van der Waals surface area contributed by atoms with Gasteiger partial charge in [0.05, 0.1) is 17.9 Å². The number of carbonyl (C=O) groups is 4. The van der Waals surface area contributed by atoms with Gasteiger partial charge in [0.15, 0.2) is 11.9 Å². The third kappa shape index (κ3) is 9.60. The molecule has 1 aliphatic heterocycles. The average molecular weight is 679 g/mol. The maximum atomic E-state index is 13.4. The van der Waals surface area contributed by atoms with Gasteiger partial charge in [0.25, 0.3) is 5.91 Å². The number of aliphatic hydroxyl groups excluding tert-OH is 1. The first kappa shape index (κ1) is 38.4. The van der Waals surface area contributed by atoms with E-state index in [2.05, 4.69) is 9.50 Å². The Hall–Kier alpha value is -3.80. The van der Waals surface area contributed by atoms with Crippen LogP contribution < -0.4 is 11.1 Å². The fourth-order valence-electron chi connectivity index (χ4n) is 4.81. The predicted octanol–water partition coefficient (Wildman–Crippen LogP) is 2.63. The maximum Gasteiger partial charge on any atom is 0.534 e. The van der Waals surface area contributed by atoms with Crippen LogP contribution in [0.3, 0.4) is 0 Å². The Balaban J connectivity index is 2.71. The van der Waals surface area contributed by atoms with Crippen LogP contribution in [0.2, 0.25) is 0 Å². The summed E-state index contributed by atoms with van der Waals surface area (Å²) in [4.78, 5) is 50.9. The Morgan fingerprint density at radius 3 is 2.28 bits per heavy atom. The number of amides is 2. The van der Waals surface area contributed by atoms with E-state index in [4.69, 9.17) is 19.9 Å². The molecule has 2 amide bonds. The Morgan fingerprint density at radius 1 is 1.11 bits per heavy atom. The van der Waals surface area contributed by atoms with E-state index in [0.29, 0.717) is 11.6 Å². The number of allylic oxidation sites excluding steroid dienone is 4. The van der Waals surface area contributed by atoms with Crippen LogP contribution in [0.5, 0.6) is 0 Å². The van der Waals surface area contributed by atoms with Crippen LogP contribution in [0.1, 0.15) is 40.5 Å². The maximum absolute atomic E-state index is 13.4. The highest BCUT2D eigenvalue weighted by atomic mass is 32.2. The molecule has 0 aromatic rings. The second-order valence-corrected chi connectivity index (χ2v) is 12.4. The molecule has 256 valence electrons. The van der Waals surface area contributed by atoms with E-state index in [9.17, 15) is 45.9 Å². The lowest BCUT2D eigenvalue weighted by Gasteiger charge is -2.30. The molecular weight excluding hydrogens is 641 g/mol. The van der Waals surface area contributed by atoms with E-state index in [-0.39, 0.29) is 12.0 Å². The summed E-state index contributed by atoms with van der Waals surface area (Å²) < 4.78 is 83.4. The van der Waals surface area contributed by atoms with Gasteiger partial charge in [-0.05, 0) is 38.2 Å². The summed E-state index contributed by atoms with van der Waals surface area (Å²) in [5, 5.41) is 13.4. The summed E-state index contributed by atoms with van der Waals surface area (Å²) in [7, 11) is -3.73. The number of fused-ring (bicyclic) bond motifs is 2. The highest BCUT2D eigenvalue weighted by Gasteiger charge is 2.50. The summed E-state index contributed by atoms with van der Waals surface area (Å²) in [6.07, 6.45) is 0.373. The highest BCUT2D eigenvalue weighted by Crippen LogP contribution is 2.33. The summed E-state index contributed by atoms with van der Waals surface area (Å²) in [6, 6.07) is 0. The van der Waals surface area contributed by atoms with Crippen molar-refractivity contribution < 1.29 is 64.3 Å². The molecule has 2 bridgehead atoms. The Bertz CT molecular complexity index is 1480. The predicted molar refractivity (Wildman–Crippen MR) is 156 cm³/mol. The quantitative estimate of drug-likeness (QED) is 0.167. The topological polar surface area (TPSA) is 198 Å².